The minimum absolute atomic E-state index is 0.0464. The highest BCUT2D eigenvalue weighted by Gasteiger charge is 2.77. The number of esters is 3. The molecule has 3 aliphatic carbocycles. The molecule has 1 amide bonds. The maximum Gasteiger partial charge on any atom is 0.408 e. The predicted molar refractivity (Wildman–Crippen MR) is 271 cm³/mol. The summed E-state index contributed by atoms with van der Waals surface area (Å²) in [5.74, 6) is -4.06. The SMILES string of the molecule is CC(=O)O[C@@]12CO[C@@H]1CC[C@@]1(C)[C@@H]3O[C@H](CN(C)C)O[C@@H]3C3=C(C)[C@@H](OC(=O)[C@H](O[Si](C(C)C)(C(C)C)C(C)C)[C@@H](NC(=O)OC(C)(C)C)c4ncccc4F)C[C@@](O)([C@@H](OC(=O)c4ccccc4)[C@@H]12)C3(C)C. The van der Waals surface area contributed by atoms with Crippen LogP contribution in [0.1, 0.15) is 138 Å². The normalized spacial score (nSPS) is 31.6. The van der Waals surface area contributed by atoms with Crippen molar-refractivity contribution in [2.75, 3.05) is 27.2 Å². The van der Waals surface area contributed by atoms with E-state index in [4.69, 9.17) is 37.6 Å². The summed E-state index contributed by atoms with van der Waals surface area (Å²) in [7, 11) is 0.674. The number of halogens is 1. The molecular weight excluding hydrogens is 958 g/mol. The lowest BCUT2D eigenvalue weighted by molar-refractivity contribution is -0.345. The lowest BCUT2D eigenvalue weighted by atomic mass is 9.45. The Labute approximate surface area is 431 Å². The van der Waals surface area contributed by atoms with Gasteiger partial charge in [-0.05, 0) is 107 Å². The van der Waals surface area contributed by atoms with Crippen molar-refractivity contribution in [3.05, 3.63) is 76.9 Å². The second-order valence-electron chi connectivity index (χ2n) is 24.0. The van der Waals surface area contributed by atoms with Crippen LogP contribution in [-0.2, 0) is 47.2 Å². The zero-order chi connectivity index (χ0) is 54.0. The number of hydrogen-bond acceptors (Lipinski definition) is 15. The van der Waals surface area contributed by atoms with E-state index < -0.39 is 121 Å². The summed E-state index contributed by atoms with van der Waals surface area (Å²) in [6, 6.07) is 9.46. The Morgan fingerprint density at radius 3 is 2.15 bits per heavy atom. The molecule has 4 fully saturated rings. The molecule has 404 valence electrons. The van der Waals surface area contributed by atoms with Crippen molar-refractivity contribution < 1.29 is 66.3 Å². The smallest absolute Gasteiger partial charge is 0.408 e. The molecule has 2 N–H and O–H groups in total. The molecule has 2 saturated heterocycles. The number of amides is 1. The van der Waals surface area contributed by atoms with Crippen LogP contribution in [0.2, 0.25) is 16.6 Å². The number of alkyl carbamates (subject to hydrolysis) is 1. The highest BCUT2D eigenvalue weighted by atomic mass is 28.4. The van der Waals surface area contributed by atoms with Crippen LogP contribution >= 0.6 is 0 Å². The highest BCUT2D eigenvalue weighted by Crippen LogP contribution is 2.67. The van der Waals surface area contributed by atoms with Crippen LogP contribution in [0, 0.1) is 22.6 Å². The van der Waals surface area contributed by atoms with E-state index in [0.717, 1.165) is 0 Å². The van der Waals surface area contributed by atoms with Gasteiger partial charge in [-0.15, -0.1) is 0 Å². The molecular formula is C55H80FN3O13Si. The van der Waals surface area contributed by atoms with Gasteiger partial charge in [0.05, 0.1) is 24.2 Å². The third-order valence-electron chi connectivity index (χ3n) is 16.7. The van der Waals surface area contributed by atoms with E-state index in [-0.39, 0.29) is 40.9 Å². The van der Waals surface area contributed by atoms with Crippen LogP contribution in [0.25, 0.3) is 0 Å². The average Bonchev–Trinajstić information content (AvgIpc) is 3.68. The van der Waals surface area contributed by atoms with E-state index in [1.165, 1.54) is 25.3 Å². The first-order chi connectivity index (χ1) is 33.9. The average molecular weight is 1040 g/mol. The maximum atomic E-state index is 16.3. The lowest BCUT2D eigenvalue weighted by Gasteiger charge is -2.68. The van der Waals surface area contributed by atoms with Gasteiger partial charge in [0.15, 0.2) is 18.0 Å². The third kappa shape index (κ3) is 10.1. The number of carbonyl (C=O) groups is 4. The number of hydrogen-bond donors (Lipinski definition) is 2. The standard InChI is InChI=1S/C55H80FN3O13Si/c1-30(2)73(31(3)4,32(5)6)72-44(42(41-36(56)23-20-26-57-41)58-50(63)71-51(9,10)11)49(62)66-37-27-55(64)47(69-48(61)35-21-18-17-19-22-35)45-53(14,25-24-38-54(45,29-65-38)70-34(8)60)46-43(40(33(37)7)52(55,12)13)67-39(68-46)28-59(15)16/h17-23,26,30-32,37-39,42-47,64H,24-25,27-29H2,1-16H3,(H,58,63)/t37-,38+,39+,42-,43+,44+,45-,46+,47-,53+,54-,55+/m0/s1. The number of ether oxygens (including phenoxy) is 7. The second-order valence-corrected chi connectivity index (χ2v) is 29.4. The predicted octanol–water partition coefficient (Wildman–Crippen LogP) is 8.76. The molecule has 2 bridgehead atoms. The molecule has 1 aromatic carbocycles. The van der Waals surface area contributed by atoms with Crippen LogP contribution in [-0.4, -0.2) is 134 Å². The number of benzene rings is 1. The molecule has 2 aliphatic heterocycles. The van der Waals surface area contributed by atoms with Gasteiger partial charge in [0.2, 0.25) is 8.32 Å². The summed E-state index contributed by atoms with van der Waals surface area (Å²) in [4.78, 5) is 64.2. The molecule has 7 rings (SSSR count). The summed E-state index contributed by atoms with van der Waals surface area (Å²) >= 11 is 0. The Morgan fingerprint density at radius 1 is 0.959 bits per heavy atom. The number of pyridine rings is 1. The molecule has 73 heavy (non-hydrogen) atoms. The van der Waals surface area contributed by atoms with Crippen LogP contribution in [0.3, 0.4) is 0 Å². The fourth-order valence-electron chi connectivity index (χ4n) is 13.5. The topological polar surface area (TPSA) is 191 Å². The highest BCUT2D eigenvalue weighted by molar-refractivity contribution is 6.77. The molecule has 5 aliphatic rings. The fourth-order valence-corrected chi connectivity index (χ4v) is 19.0. The zero-order valence-electron chi connectivity index (χ0n) is 45.7. The van der Waals surface area contributed by atoms with Gasteiger partial charge in [0.1, 0.15) is 53.2 Å². The van der Waals surface area contributed by atoms with Crippen molar-refractivity contribution in [1.82, 2.24) is 15.2 Å². The van der Waals surface area contributed by atoms with E-state index in [0.29, 0.717) is 30.5 Å². The summed E-state index contributed by atoms with van der Waals surface area (Å²) in [6.45, 7) is 26.5. The maximum absolute atomic E-state index is 16.3. The summed E-state index contributed by atoms with van der Waals surface area (Å²) < 4.78 is 69.7. The van der Waals surface area contributed by atoms with Crippen molar-refractivity contribution in [1.29, 1.82) is 0 Å². The molecule has 18 heteroatoms. The lowest BCUT2D eigenvalue weighted by Crippen LogP contribution is -2.79. The molecule has 0 spiro atoms. The Kier molecular flexibility index (Phi) is 16.0. The van der Waals surface area contributed by atoms with Gasteiger partial charge in [0, 0.05) is 36.9 Å². The molecule has 2 aromatic rings. The van der Waals surface area contributed by atoms with Gasteiger partial charge < -0.3 is 52.9 Å². The monoisotopic (exact) mass is 1040 g/mol. The fraction of sp³-hybridized carbons (Fsp3) is 0.691. The Bertz CT molecular complexity index is 2390. The Hall–Kier alpha value is -4.30. The van der Waals surface area contributed by atoms with Crippen molar-refractivity contribution in [3.63, 3.8) is 0 Å². The number of nitrogens with zero attached hydrogens (tertiary/aromatic N) is 2. The van der Waals surface area contributed by atoms with Crippen LogP contribution in [0.15, 0.2) is 59.8 Å². The van der Waals surface area contributed by atoms with E-state index in [2.05, 4.69) is 10.3 Å². The van der Waals surface area contributed by atoms with Crippen LogP contribution in [0.5, 0.6) is 0 Å². The third-order valence-corrected chi connectivity index (χ3v) is 22.7. The number of carbonyl (C=O) groups excluding carboxylic acids is 4. The first kappa shape index (κ1) is 56.4. The zero-order valence-corrected chi connectivity index (χ0v) is 46.7. The van der Waals surface area contributed by atoms with Gasteiger partial charge >= 0.3 is 24.0 Å². The van der Waals surface area contributed by atoms with Crippen molar-refractivity contribution in [2.24, 2.45) is 16.7 Å². The number of nitrogens with one attached hydrogen (secondary N) is 1. The van der Waals surface area contributed by atoms with Crippen LogP contribution < -0.4 is 5.32 Å². The molecule has 12 atom stereocenters. The first-order valence-corrected chi connectivity index (χ1v) is 28.0. The minimum atomic E-state index is -3.14. The van der Waals surface area contributed by atoms with Gasteiger partial charge in [-0.25, -0.2) is 18.8 Å². The van der Waals surface area contributed by atoms with Gasteiger partial charge in [-0.1, -0.05) is 80.5 Å². The van der Waals surface area contributed by atoms with E-state index in [1.54, 1.807) is 51.1 Å². The molecule has 3 heterocycles. The van der Waals surface area contributed by atoms with Crippen molar-refractivity contribution in [3.8, 4) is 0 Å². The van der Waals surface area contributed by atoms with Gasteiger partial charge in [-0.2, -0.15) is 0 Å². The molecule has 1 aromatic heterocycles. The van der Waals surface area contributed by atoms with Gasteiger partial charge in [-0.3, -0.25) is 9.78 Å². The number of aromatic nitrogens is 1. The molecule has 0 radical (unpaired) electrons. The van der Waals surface area contributed by atoms with E-state index in [9.17, 15) is 19.5 Å². The molecule has 0 unspecified atom stereocenters. The van der Waals surface area contributed by atoms with Crippen molar-refractivity contribution in [2.45, 2.75) is 199 Å². The Balaban J connectivity index is 1.46. The Morgan fingerprint density at radius 2 is 1.60 bits per heavy atom. The minimum Gasteiger partial charge on any atom is -0.456 e. The van der Waals surface area contributed by atoms with Gasteiger partial charge in [0.25, 0.3) is 0 Å². The quantitative estimate of drug-likeness (QED) is 0.0745. The van der Waals surface area contributed by atoms with E-state index >= 15 is 9.18 Å². The number of likely N-dealkylation sites (N-methyl/N-ethyl adjacent to an activating group) is 1. The largest absolute Gasteiger partial charge is 0.456 e. The molecule has 16 nitrogen and oxygen atoms in total. The number of aliphatic hydroxyl groups is 1. The first-order valence-electron chi connectivity index (χ1n) is 25.9. The summed E-state index contributed by atoms with van der Waals surface area (Å²) in [6.07, 6.45) is -6.48. The van der Waals surface area contributed by atoms with Crippen LogP contribution in [0.4, 0.5) is 9.18 Å². The number of fused-ring (bicyclic) bond motifs is 8. The number of rotatable bonds is 15. The molecule has 2 saturated carbocycles. The summed E-state index contributed by atoms with van der Waals surface area (Å²) in [5, 5.41) is 17.1. The summed E-state index contributed by atoms with van der Waals surface area (Å²) in [5.41, 5.74) is -6.04. The van der Waals surface area contributed by atoms with E-state index in [1.807, 2.05) is 88.2 Å². The second kappa shape index (κ2) is 20.7. The van der Waals surface area contributed by atoms with Crippen molar-refractivity contribution >= 4 is 32.3 Å².